The molecule has 0 fully saturated rings. The van der Waals surface area contributed by atoms with Crippen LogP contribution in [0.15, 0.2) is 0 Å². The maximum atomic E-state index is 12.7. The number of carbonyl (C=O) groups excluding carboxylic acids is 3. The molecule has 0 radical (unpaired) electrons. The van der Waals surface area contributed by atoms with Crippen molar-refractivity contribution in [1.82, 2.24) is 15.4 Å². The van der Waals surface area contributed by atoms with Crippen molar-refractivity contribution in [3.63, 3.8) is 0 Å². The zero-order valence-electron chi connectivity index (χ0n) is 28.5. The number of thiol groups is 1. The number of unbranched alkanes of at least 4 members (excludes halogenated alkanes) is 14. The van der Waals surface area contributed by atoms with E-state index in [4.69, 9.17) is 5.73 Å². The van der Waals surface area contributed by atoms with Gasteiger partial charge >= 0.3 is 0 Å². The third kappa shape index (κ3) is 24.3. The Hall–Kier alpha value is -1.12. The molecule has 0 heterocycles. The zero-order valence-corrected chi connectivity index (χ0v) is 29.4. The van der Waals surface area contributed by atoms with Gasteiger partial charge in [0.15, 0.2) is 5.78 Å². The average molecular weight is 615 g/mol. The molecule has 0 aromatic rings. The first kappa shape index (κ1) is 40.9. The predicted molar refractivity (Wildman–Crippen MR) is 184 cm³/mol. The monoisotopic (exact) mass is 615 g/mol. The number of nitrogens with two attached hydrogens (primary N) is 1. The highest BCUT2D eigenvalue weighted by molar-refractivity contribution is 8.14. The van der Waals surface area contributed by atoms with Gasteiger partial charge in [0.25, 0.3) is 0 Å². The maximum Gasteiger partial charge on any atom is 0.236 e. The quantitative estimate of drug-likeness (QED) is 0.0476. The van der Waals surface area contributed by atoms with Gasteiger partial charge in [-0.1, -0.05) is 105 Å². The molecule has 2 atom stereocenters. The summed E-state index contributed by atoms with van der Waals surface area (Å²) in [5.74, 6) is 0.268. The van der Waals surface area contributed by atoms with Gasteiger partial charge in [-0.3, -0.25) is 19.1 Å². The van der Waals surface area contributed by atoms with Crippen LogP contribution in [0.4, 0.5) is 0 Å². The molecule has 0 aliphatic rings. The number of ketones is 1. The van der Waals surface area contributed by atoms with Crippen molar-refractivity contribution in [2.24, 2.45) is 11.1 Å². The van der Waals surface area contributed by atoms with E-state index in [-0.39, 0.29) is 40.1 Å². The van der Waals surface area contributed by atoms with Crippen LogP contribution in [0, 0.1) is 5.41 Å². The second-order valence-corrected chi connectivity index (χ2v) is 15.5. The number of hydrogen-bond acceptors (Lipinski definition) is 5. The van der Waals surface area contributed by atoms with Crippen LogP contribution in [-0.2, 0) is 14.4 Å². The molecule has 0 aliphatic heterocycles. The lowest BCUT2D eigenvalue weighted by Gasteiger charge is -2.28. The minimum absolute atomic E-state index is 0.118. The Morgan fingerprint density at radius 2 is 1.14 bits per heavy atom. The van der Waals surface area contributed by atoms with Gasteiger partial charge in [0.2, 0.25) is 11.8 Å². The second-order valence-electron chi connectivity index (χ2n) is 13.4. The Balaban J connectivity index is 3.72. The molecule has 0 aromatic carbocycles. The molecule has 5 N–H and O–H groups in total. The first-order chi connectivity index (χ1) is 20.0. The Kier molecular flexibility index (Phi) is 25.6. The van der Waals surface area contributed by atoms with Gasteiger partial charge in [0, 0.05) is 24.9 Å². The van der Waals surface area contributed by atoms with Gasteiger partial charge in [-0.05, 0) is 57.5 Å². The standard InChI is InChI=1S/C34H70N4O3S/c1-7-8-9-10-11-12-13-14-15-16-17-18-19-26-31(39)36-27-22-20-24-29(35)33(41)37-28-23-21-25-30(38-42(5)6)32(40)34(2,3)4/h29-30,38,42H,7-28,35H2,1-6H3,(H,36,39)(H,37,41). The summed E-state index contributed by atoms with van der Waals surface area (Å²) in [5.41, 5.74) is 5.71. The van der Waals surface area contributed by atoms with E-state index in [1.54, 1.807) is 0 Å². The Morgan fingerprint density at radius 1 is 0.667 bits per heavy atom. The number of carbonyl (C=O) groups is 3. The van der Waals surface area contributed by atoms with Crippen molar-refractivity contribution < 1.29 is 14.4 Å². The first-order valence-corrected chi connectivity index (χ1v) is 19.5. The van der Waals surface area contributed by atoms with Crippen molar-refractivity contribution in [3.05, 3.63) is 0 Å². The molecule has 0 spiro atoms. The van der Waals surface area contributed by atoms with Gasteiger partial charge in [-0.25, -0.2) is 11.1 Å². The fourth-order valence-electron chi connectivity index (χ4n) is 5.14. The number of Topliss-reactive ketones (excluding diaryl/α,β-unsaturated/α-hetero) is 1. The minimum Gasteiger partial charge on any atom is -0.356 e. The first-order valence-electron chi connectivity index (χ1n) is 17.3. The highest BCUT2D eigenvalue weighted by Gasteiger charge is 2.29. The van der Waals surface area contributed by atoms with Crippen LogP contribution in [0.5, 0.6) is 0 Å². The summed E-state index contributed by atoms with van der Waals surface area (Å²) in [5, 5.41) is 5.95. The van der Waals surface area contributed by atoms with Crippen molar-refractivity contribution in [1.29, 1.82) is 0 Å². The number of nitrogens with one attached hydrogen (secondary N) is 3. The normalized spacial score (nSPS) is 13.5. The summed E-state index contributed by atoms with van der Waals surface area (Å²) >= 11 is -0.365. The van der Waals surface area contributed by atoms with Crippen LogP contribution in [0.1, 0.15) is 156 Å². The molecule has 0 saturated carbocycles. The van der Waals surface area contributed by atoms with Crippen molar-refractivity contribution in [2.45, 2.75) is 168 Å². The largest absolute Gasteiger partial charge is 0.356 e. The average Bonchev–Trinajstić information content (AvgIpc) is 2.93. The molecule has 2 amide bonds. The highest BCUT2D eigenvalue weighted by atomic mass is 32.2. The Morgan fingerprint density at radius 3 is 1.64 bits per heavy atom. The fraction of sp³-hybridized carbons (Fsp3) is 0.912. The third-order valence-electron chi connectivity index (χ3n) is 7.80. The van der Waals surface area contributed by atoms with Gasteiger partial charge in [-0.2, -0.15) is 0 Å². The topological polar surface area (TPSA) is 113 Å². The molecule has 42 heavy (non-hydrogen) atoms. The summed E-state index contributed by atoms with van der Waals surface area (Å²) in [4.78, 5) is 37.1. The van der Waals surface area contributed by atoms with Crippen LogP contribution >= 0.6 is 11.1 Å². The molecule has 0 rings (SSSR count). The summed E-state index contributed by atoms with van der Waals surface area (Å²) in [6.45, 7) is 9.39. The summed E-state index contributed by atoms with van der Waals surface area (Å²) < 4.78 is 3.46. The molecular formula is C34H70N4O3S. The smallest absolute Gasteiger partial charge is 0.236 e. The van der Waals surface area contributed by atoms with Crippen molar-refractivity contribution in [2.75, 3.05) is 25.6 Å². The summed E-state index contributed by atoms with van der Waals surface area (Å²) in [7, 11) is 0. The molecule has 0 bridgehead atoms. The maximum absolute atomic E-state index is 12.7. The molecule has 8 heteroatoms. The number of hydrogen-bond donors (Lipinski definition) is 5. The van der Waals surface area contributed by atoms with Crippen LogP contribution < -0.4 is 21.1 Å². The summed E-state index contributed by atoms with van der Waals surface area (Å²) in [6, 6.07) is -0.647. The summed E-state index contributed by atoms with van der Waals surface area (Å²) in [6.07, 6.45) is 26.6. The van der Waals surface area contributed by atoms with Crippen LogP contribution in [0.3, 0.4) is 0 Å². The lowest BCUT2D eigenvalue weighted by Crippen LogP contribution is -2.42. The molecule has 2 unspecified atom stereocenters. The van der Waals surface area contributed by atoms with E-state index in [0.29, 0.717) is 25.9 Å². The third-order valence-corrected chi connectivity index (χ3v) is 8.62. The predicted octanol–water partition coefficient (Wildman–Crippen LogP) is 7.12. The Bertz CT molecular complexity index is 697. The van der Waals surface area contributed by atoms with Crippen LogP contribution in [0.2, 0.25) is 0 Å². The lowest BCUT2D eigenvalue weighted by atomic mass is 9.85. The second kappa shape index (κ2) is 26.3. The van der Waals surface area contributed by atoms with Gasteiger partial charge in [-0.15, -0.1) is 0 Å². The molecule has 0 saturated heterocycles. The lowest BCUT2D eigenvalue weighted by molar-refractivity contribution is -0.128. The zero-order chi connectivity index (χ0) is 31.6. The fourth-order valence-corrected chi connectivity index (χ4v) is 6.01. The van der Waals surface area contributed by atoms with E-state index in [1.807, 2.05) is 20.8 Å². The Labute approximate surface area is 262 Å². The number of amides is 2. The minimum atomic E-state index is -0.521. The number of rotatable bonds is 28. The van der Waals surface area contributed by atoms with Gasteiger partial charge in [0.05, 0.1) is 12.1 Å². The van der Waals surface area contributed by atoms with Gasteiger partial charge < -0.3 is 16.4 Å². The molecule has 0 aromatic heterocycles. The van der Waals surface area contributed by atoms with Crippen LogP contribution in [-0.4, -0.2) is 55.3 Å². The van der Waals surface area contributed by atoms with E-state index in [1.165, 1.54) is 70.6 Å². The molecule has 7 nitrogen and oxygen atoms in total. The van der Waals surface area contributed by atoms with E-state index in [2.05, 4.69) is 34.8 Å². The van der Waals surface area contributed by atoms with Crippen molar-refractivity contribution >= 4 is 28.7 Å². The highest BCUT2D eigenvalue weighted by Crippen LogP contribution is 2.22. The molecular weight excluding hydrogens is 544 g/mol. The van der Waals surface area contributed by atoms with E-state index >= 15 is 0 Å². The SMILES string of the molecule is CCCCCCCCCCCCCCCC(=O)NCCCCC(N)C(=O)NCCCCC(N[SH](C)C)C(=O)C(C)(C)C. The van der Waals surface area contributed by atoms with E-state index < -0.39 is 6.04 Å². The molecule has 0 aliphatic carbocycles. The van der Waals surface area contributed by atoms with E-state index in [0.717, 1.165) is 44.9 Å². The van der Waals surface area contributed by atoms with Gasteiger partial charge in [0.1, 0.15) is 0 Å². The van der Waals surface area contributed by atoms with Crippen LogP contribution in [0.25, 0.3) is 0 Å². The molecule has 250 valence electrons. The van der Waals surface area contributed by atoms with Crippen molar-refractivity contribution in [3.8, 4) is 0 Å². The van der Waals surface area contributed by atoms with E-state index in [9.17, 15) is 14.4 Å².